The van der Waals surface area contributed by atoms with E-state index < -0.39 is 0 Å². The van der Waals surface area contributed by atoms with Gasteiger partial charge in [-0.1, -0.05) is 12.1 Å². The van der Waals surface area contributed by atoms with Crippen LogP contribution in [-0.4, -0.2) is 40.1 Å². The third-order valence-electron chi connectivity index (χ3n) is 5.28. The van der Waals surface area contributed by atoms with Crippen molar-refractivity contribution in [3.63, 3.8) is 0 Å². The van der Waals surface area contributed by atoms with Gasteiger partial charge in [0, 0.05) is 42.6 Å². The Kier molecular flexibility index (Phi) is 4.98. The zero-order valence-electron chi connectivity index (χ0n) is 17.8. The normalized spacial score (nSPS) is 11.2. The van der Waals surface area contributed by atoms with E-state index in [0.29, 0.717) is 23.4 Å². The lowest BCUT2D eigenvalue weighted by atomic mass is 10.2. The van der Waals surface area contributed by atoms with E-state index in [2.05, 4.69) is 25.6 Å². The number of carbonyl (C=O) groups is 1. The lowest BCUT2D eigenvalue weighted by molar-refractivity contribution is 0.102. The van der Waals surface area contributed by atoms with Crippen LogP contribution in [0, 0.1) is 6.92 Å². The predicted molar refractivity (Wildman–Crippen MR) is 120 cm³/mol. The molecule has 0 fully saturated rings. The highest BCUT2D eigenvalue weighted by molar-refractivity contribution is 6.08. The first-order valence-corrected chi connectivity index (χ1v) is 10.4. The molecule has 0 atom stereocenters. The van der Waals surface area contributed by atoms with Gasteiger partial charge in [-0.2, -0.15) is 15.3 Å². The van der Waals surface area contributed by atoms with Crippen LogP contribution in [0.15, 0.2) is 67.4 Å². The first-order chi connectivity index (χ1) is 15.6. The summed E-state index contributed by atoms with van der Waals surface area (Å²) in [5, 5.41) is 16.1. The number of nitrogens with one attached hydrogen (secondary N) is 1. The van der Waals surface area contributed by atoms with E-state index >= 15 is 0 Å². The number of amides is 1. The van der Waals surface area contributed by atoms with Crippen molar-refractivity contribution in [1.82, 2.24) is 34.2 Å². The molecule has 32 heavy (non-hydrogen) atoms. The molecule has 0 aliphatic heterocycles. The molecule has 0 bridgehead atoms. The summed E-state index contributed by atoms with van der Waals surface area (Å²) in [4.78, 5) is 17.5. The fraction of sp³-hybridized carbons (Fsp3) is 0.174. The van der Waals surface area contributed by atoms with Gasteiger partial charge >= 0.3 is 0 Å². The fourth-order valence-electron chi connectivity index (χ4n) is 3.71. The SMILES string of the molecule is CCn1cc(-c2ccnc3c(C(=O)Nc4cccc(Cn5cccn5)c4)cnn23)c(C)n1. The number of nitrogens with zero attached hydrogens (tertiary/aromatic N) is 7. The molecular weight excluding hydrogens is 404 g/mol. The zero-order chi connectivity index (χ0) is 22.1. The number of aryl methyl sites for hydroxylation is 2. The highest BCUT2D eigenvalue weighted by Gasteiger charge is 2.18. The van der Waals surface area contributed by atoms with Crippen LogP contribution in [-0.2, 0) is 13.1 Å². The smallest absolute Gasteiger partial charge is 0.261 e. The van der Waals surface area contributed by atoms with E-state index in [9.17, 15) is 4.79 Å². The van der Waals surface area contributed by atoms with Crippen molar-refractivity contribution < 1.29 is 4.79 Å². The average Bonchev–Trinajstić information content (AvgIpc) is 3.53. The summed E-state index contributed by atoms with van der Waals surface area (Å²) >= 11 is 0. The predicted octanol–water partition coefficient (Wildman–Crippen LogP) is 3.42. The quantitative estimate of drug-likeness (QED) is 0.449. The lowest BCUT2D eigenvalue weighted by Crippen LogP contribution is -2.12. The van der Waals surface area contributed by atoms with Crippen LogP contribution < -0.4 is 5.32 Å². The Balaban J connectivity index is 1.43. The van der Waals surface area contributed by atoms with Gasteiger partial charge in [-0.15, -0.1) is 0 Å². The molecule has 0 aliphatic rings. The van der Waals surface area contributed by atoms with Crippen LogP contribution in [0.1, 0.15) is 28.5 Å². The molecule has 0 radical (unpaired) electrons. The van der Waals surface area contributed by atoms with Crippen LogP contribution in [0.25, 0.3) is 16.9 Å². The topological polar surface area (TPSA) is 94.9 Å². The number of aromatic nitrogens is 7. The molecule has 1 N–H and O–H groups in total. The number of benzene rings is 1. The summed E-state index contributed by atoms with van der Waals surface area (Å²) in [5.74, 6) is -0.262. The second-order valence-corrected chi connectivity index (χ2v) is 7.47. The summed E-state index contributed by atoms with van der Waals surface area (Å²) in [6.07, 6.45) is 8.87. The van der Waals surface area contributed by atoms with Crippen molar-refractivity contribution in [2.45, 2.75) is 26.9 Å². The molecule has 0 saturated carbocycles. The zero-order valence-corrected chi connectivity index (χ0v) is 17.8. The molecular formula is C23H22N8O. The number of carbonyl (C=O) groups excluding carboxylic acids is 1. The first kappa shape index (κ1) is 19.7. The Morgan fingerprint density at radius 3 is 2.78 bits per heavy atom. The van der Waals surface area contributed by atoms with Crippen molar-refractivity contribution in [3.05, 3.63) is 84.2 Å². The summed E-state index contributed by atoms with van der Waals surface area (Å²) in [6.45, 7) is 5.41. The van der Waals surface area contributed by atoms with Crippen molar-refractivity contribution in [1.29, 1.82) is 0 Å². The molecule has 5 rings (SSSR count). The molecule has 160 valence electrons. The number of anilines is 1. The third kappa shape index (κ3) is 3.64. The molecule has 1 amide bonds. The Morgan fingerprint density at radius 2 is 2.00 bits per heavy atom. The fourth-order valence-corrected chi connectivity index (χ4v) is 3.71. The van der Waals surface area contributed by atoms with Crippen molar-refractivity contribution in [3.8, 4) is 11.3 Å². The molecule has 0 aliphatic carbocycles. The van der Waals surface area contributed by atoms with Crippen LogP contribution in [0.5, 0.6) is 0 Å². The van der Waals surface area contributed by atoms with Crippen LogP contribution in [0.2, 0.25) is 0 Å². The monoisotopic (exact) mass is 426 g/mol. The Bertz CT molecular complexity index is 1400. The van der Waals surface area contributed by atoms with E-state index in [4.69, 9.17) is 0 Å². The van der Waals surface area contributed by atoms with Gasteiger partial charge < -0.3 is 5.32 Å². The van der Waals surface area contributed by atoms with E-state index in [1.165, 1.54) is 0 Å². The maximum absolute atomic E-state index is 13.0. The standard InChI is InChI=1S/C23H22N8O/c1-3-29-15-20(16(2)28-29)21-8-10-24-22-19(13-26-31(21)22)23(32)27-18-7-4-6-17(12-18)14-30-11-5-9-25-30/h4-13,15H,3,14H2,1-2H3,(H,27,32). The van der Waals surface area contributed by atoms with Gasteiger partial charge in [0.05, 0.1) is 24.1 Å². The van der Waals surface area contributed by atoms with Crippen molar-refractivity contribution in [2.24, 2.45) is 0 Å². The Labute approximate surface area is 184 Å². The molecule has 4 heterocycles. The number of fused-ring (bicyclic) bond motifs is 1. The Morgan fingerprint density at radius 1 is 1.09 bits per heavy atom. The van der Waals surface area contributed by atoms with Gasteiger partial charge in [-0.05, 0) is 43.7 Å². The highest BCUT2D eigenvalue weighted by atomic mass is 16.1. The van der Waals surface area contributed by atoms with E-state index in [-0.39, 0.29) is 5.91 Å². The maximum atomic E-state index is 13.0. The van der Waals surface area contributed by atoms with E-state index in [0.717, 1.165) is 29.1 Å². The molecule has 9 heteroatoms. The minimum Gasteiger partial charge on any atom is -0.322 e. The molecule has 1 aromatic carbocycles. The first-order valence-electron chi connectivity index (χ1n) is 10.4. The number of rotatable bonds is 6. The van der Waals surface area contributed by atoms with Gasteiger partial charge in [0.1, 0.15) is 5.56 Å². The lowest BCUT2D eigenvalue weighted by Gasteiger charge is -2.08. The number of hydrogen-bond acceptors (Lipinski definition) is 5. The van der Waals surface area contributed by atoms with E-state index in [1.54, 1.807) is 23.1 Å². The third-order valence-corrected chi connectivity index (χ3v) is 5.28. The minimum absolute atomic E-state index is 0.262. The second kappa shape index (κ2) is 8.10. The Hall–Kier alpha value is -4.27. The highest BCUT2D eigenvalue weighted by Crippen LogP contribution is 2.24. The van der Waals surface area contributed by atoms with Gasteiger partial charge in [-0.3, -0.25) is 14.2 Å². The molecule has 9 nitrogen and oxygen atoms in total. The van der Waals surface area contributed by atoms with Crippen LogP contribution in [0.4, 0.5) is 5.69 Å². The maximum Gasteiger partial charge on any atom is 0.261 e. The summed E-state index contributed by atoms with van der Waals surface area (Å²) in [7, 11) is 0. The molecule has 5 aromatic rings. The van der Waals surface area contributed by atoms with E-state index in [1.807, 2.05) is 72.0 Å². The molecule has 0 unspecified atom stereocenters. The minimum atomic E-state index is -0.262. The largest absolute Gasteiger partial charge is 0.322 e. The second-order valence-electron chi connectivity index (χ2n) is 7.47. The van der Waals surface area contributed by atoms with Gasteiger partial charge in [0.2, 0.25) is 0 Å². The average molecular weight is 426 g/mol. The number of hydrogen-bond donors (Lipinski definition) is 1. The van der Waals surface area contributed by atoms with Gasteiger partial charge in [-0.25, -0.2) is 9.50 Å². The summed E-state index contributed by atoms with van der Waals surface area (Å²) in [6, 6.07) is 11.5. The van der Waals surface area contributed by atoms with Gasteiger partial charge in [0.25, 0.3) is 5.91 Å². The summed E-state index contributed by atoms with van der Waals surface area (Å²) in [5.41, 5.74) is 5.34. The molecule has 4 aromatic heterocycles. The van der Waals surface area contributed by atoms with Crippen molar-refractivity contribution >= 4 is 17.2 Å². The molecule has 0 saturated heterocycles. The van der Waals surface area contributed by atoms with Crippen LogP contribution >= 0.6 is 0 Å². The summed E-state index contributed by atoms with van der Waals surface area (Å²) < 4.78 is 5.40. The van der Waals surface area contributed by atoms with Crippen LogP contribution in [0.3, 0.4) is 0 Å². The van der Waals surface area contributed by atoms with Gasteiger partial charge in [0.15, 0.2) is 5.65 Å². The van der Waals surface area contributed by atoms with Crippen molar-refractivity contribution in [2.75, 3.05) is 5.32 Å². The molecule has 0 spiro atoms.